The number of piperidine rings is 1. The van der Waals surface area contributed by atoms with Crippen LogP contribution in [0.5, 0.6) is 0 Å². The maximum absolute atomic E-state index is 12.0. The zero-order valence-electron chi connectivity index (χ0n) is 7.25. The molecule has 0 aliphatic carbocycles. The molecule has 0 saturated carbocycles. The van der Waals surface area contributed by atoms with E-state index in [-0.39, 0.29) is 0 Å². The zero-order chi connectivity index (χ0) is 9.84. The highest BCUT2D eigenvalue weighted by Crippen LogP contribution is 2.17. The normalized spacial score (nSPS) is 25.0. The second-order valence-electron chi connectivity index (χ2n) is 3.24. The van der Waals surface area contributed by atoms with Gasteiger partial charge in [0.25, 0.3) is 6.43 Å². The van der Waals surface area contributed by atoms with Gasteiger partial charge in [-0.15, -0.1) is 0 Å². The number of aliphatic carboxylic acids is 1. The van der Waals surface area contributed by atoms with Crippen LogP contribution in [0, 0.1) is 0 Å². The summed E-state index contributed by atoms with van der Waals surface area (Å²) < 4.78 is 24.0. The molecule has 0 aromatic rings. The Morgan fingerprint density at radius 3 is 2.77 bits per heavy atom. The topological polar surface area (TPSA) is 40.5 Å². The molecule has 1 aliphatic rings. The van der Waals surface area contributed by atoms with E-state index < -0.39 is 25.0 Å². The number of carboxylic acids is 1. The largest absolute Gasteiger partial charge is 0.480 e. The summed E-state index contributed by atoms with van der Waals surface area (Å²) in [6.07, 6.45) is -0.324. The van der Waals surface area contributed by atoms with Gasteiger partial charge < -0.3 is 5.11 Å². The molecule has 0 amide bonds. The lowest BCUT2D eigenvalue weighted by Crippen LogP contribution is -2.46. The van der Waals surface area contributed by atoms with Crippen LogP contribution in [0.15, 0.2) is 0 Å². The predicted molar refractivity (Wildman–Crippen MR) is 42.9 cm³/mol. The van der Waals surface area contributed by atoms with Crippen molar-refractivity contribution in [3.63, 3.8) is 0 Å². The maximum Gasteiger partial charge on any atom is 0.320 e. The molecule has 0 spiro atoms. The number of carbonyl (C=O) groups is 1. The highest BCUT2D eigenvalue weighted by atomic mass is 19.3. The van der Waals surface area contributed by atoms with Crippen LogP contribution in [-0.4, -0.2) is 41.5 Å². The first-order valence-electron chi connectivity index (χ1n) is 4.36. The van der Waals surface area contributed by atoms with Crippen molar-refractivity contribution in [2.24, 2.45) is 0 Å². The lowest BCUT2D eigenvalue weighted by molar-refractivity contribution is -0.145. The number of rotatable bonds is 3. The average molecular weight is 193 g/mol. The van der Waals surface area contributed by atoms with Gasteiger partial charge in [-0.2, -0.15) is 0 Å². The van der Waals surface area contributed by atoms with E-state index in [9.17, 15) is 13.6 Å². The monoisotopic (exact) mass is 193 g/mol. The molecule has 1 N–H and O–H groups in total. The summed E-state index contributed by atoms with van der Waals surface area (Å²) in [5, 5.41) is 8.73. The molecular formula is C8H13F2NO2. The van der Waals surface area contributed by atoms with E-state index in [1.807, 2.05) is 0 Å². The zero-order valence-corrected chi connectivity index (χ0v) is 7.25. The Kier molecular flexibility index (Phi) is 3.59. The molecule has 1 rings (SSSR count). The van der Waals surface area contributed by atoms with Crippen molar-refractivity contribution >= 4 is 5.97 Å². The Balaban J connectivity index is 2.51. The Labute approximate surface area is 75.3 Å². The SMILES string of the molecule is O=C(O)[C@H]1CCCCN1CC(F)F. The van der Waals surface area contributed by atoms with E-state index in [0.717, 1.165) is 12.8 Å². The molecule has 1 atom stereocenters. The molecule has 13 heavy (non-hydrogen) atoms. The van der Waals surface area contributed by atoms with E-state index in [4.69, 9.17) is 5.11 Å². The van der Waals surface area contributed by atoms with Gasteiger partial charge in [0.15, 0.2) is 0 Å². The maximum atomic E-state index is 12.0. The minimum atomic E-state index is -2.44. The molecule has 3 nitrogen and oxygen atoms in total. The third-order valence-corrected chi connectivity index (χ3v) is 2.27. The molecule has 1 aliphatic heterocycles. The van der Waals surface area contributed by atoms with Crippen molar-refractivity contribution in [1.82, 2.24) is 4.90 Å². The van der Waals surface area contributed by atoms with Gasteiger partial charge in [0.2, 0.25) is 0 Å². The Bertz CT molecular complexity index is 187. The molecule has 5 heteroatoms. The quantitative estimate of drug-likeness (QED) is 0.731. The van der Waals surface area contributed by atoms with Gasteiger partial charge in [-0.1, -0.05) is 6.42 Å². The molecule has 0 aromatic heterocycles. The van der Waals surface area contributed by atoms with Gasteiger partial charge in [-0.05, 0) is 19.4 Å². The van der Waals surface area contributed by atoms with Crippen LogP contribution >= 0.6 is 0 Å². The third kappa shape index (κ3) is 2.91. The second kappa shape index (κ2) is 4.50. The fourth-order valence-corrected chi connectivity index (χ4v) is 1.67. The van der Waals surface area contributed by atoms with E-state index in [1.165, 1.54) is 4.90 Å². The van der Waals surface area contributed by atoms with Crippen molar-refractivity contribution in [2.45, 2.75) is 31.7 Å². The van der Waals surface area contributed by atoms with E-state index in [0.29, 0.717) is 13.0 Å². The number of alkyl halides is 2. The molecule has 76 valence electrons. The number of hydrogen-bond acceptors (Lipinski definition) is 2. The smallest absolute Gasteiger partial charge is 0.320 e. The molecule has 0 radical (unpaired) electrons. The molecule has 0 bridgehead atoms. The van der Waals surface area contributed by atoms with E-state index in [2.05, 4.69) is 0 Å². The Morgan fingerprint density at radius 1 is 1.54 bits per heavy atom. The first kappa shape index (κ1) is 10.4. The number of likely N-dealkylation sites (tertiary alicyclic amines) is 1. The molecule has 1 saturated heterocycles. The van der Waals surface area contributed by atoms with Crippen molar-refractivity contribution in [3.05, 3.63) is 0 Å². The first-order valence-corrected chi connectivity index (χ1v) is 4.36. The average Bonchev–Trinajstić information content (AvgIpc) is 2.03. The molecular weight excluding hydrogens is 180 g/mol. The van der Waals surface area contributed by atoms with Crippen molar-refractivity contribution in [2.75, 3.05) is 13.1 Å². The van der Waals surface area contributed by atoms with Gasteiger partial charge in [0, 0.05) is 0 Å². The summed E-state index contributed by atoms with van der Waals surface area (Å²) in [7, 11) is 0. The number of carboxylic acid groups (broad SMARTS) is 1. The van der Waals surface area contributed by atoms with Gasteiger partial charge >= 0.3 is 5.97 Å². The standard InChI is InChI=1S/C8H13F2NO2/c9-7(10)5-11-4-2-1-3-6(11)8(12)13/h6-7H,1-5H2,(H,12,13)/t6-/m1/s1. The van der Waals surface area contributed by atoms with Crippen LogP contribution in [0.4, 0.5) is 8.78 Å². The van der Waals surface area contributed by atoms with Crippen molar-refractivity contribution in [3.8, 4) is 0 Å². The van der Waals surface area contributed by atoms with Crippen LogP contribution in [0.25, 0.3) is 0 Å². The lowest BCUT2D eigenvalue weighted by Gasteiger charge is -2.32. The highest BCUT2D eigenvalue weighted by molar-refractivity contribution is 5.73. The summed E-state index contributed by atoms with van der Waals surface area (Å²) in [6, 6.07) is -0.706. The first-order chi connectivity index (χ1) is 6.11. The number of hydrogen-bond donors (Lipinski definition) is 1. The molecule has 1 fully saturated rings. The van der Waals surface area contributed by atoms with Crippen LogP contribution in [0.3, 0.4) is 0 Å². The fourth-order valence-electron chi connectivity index (χ4n) is 1.67. The van der Waals surface area contributed by atoms with Gasteiger partial charge in [-0.3, -0.25) is 9.69 Å². The summed E-state index contributed by atoms with van der Waals surface area (Å²) >= 11 is 0. The third-order valence-electron chi connectivity index (χ3n) is 2.27. The van der Waals surface area contributed by atoms with Crippen LogP contribution in [-0.2, 0) is 4.79 Å². The molecule has 0 aromatic carbocycles. The van der Waals surface area contributed by atoms with E-state index in [1.54, 1.807) is 0 Å². The number of nitrogens with zero attached hydrogens (tertiary/aromatic N) is 1. The van der Waals surface area contributed by atoms with Crippen LogP contribution in [0.1, 0.15) is 19.3 Å². The highest BCUT2D eigenvalue weighted by Gasteiger charge is 2.29. The minimum Gasteiger partial charge on any atom is -0.480 e. The lowest BCUT2D eigenvalue weighted by atomic mass is 10.0. The van der Waals surface area contributed by atoms with Crippen LogP contribution < -0.4 is 0 Å². The molecule has 1 heterocycles. The summed E-state index contributed by atoms with van der Waals surface area (Å²) in [6.45, 7) is 0.0538. The number of halogens is 2. The fraction of sp³-hybridized carbons (Fsp3) is 0.875. The van der Waals surface area contributed by atoms with Gasteiger partial charge in [-0.25, -0.2) is 8.78 Å². The van der Waals surface area contributed by atoms with Crippen molar-refractivity contribution in [1.29, 1.82) is 0 Å². The summed E-state index contributed by atoms with van der Waals surface area (Å²) in [5.41, 5.74) is 0. The Morgan fingerprint density at radius 2 is 2.23 bits per heavy atom. The van der Waals surface area contributed by atoms with E-state index >= 15 is 0 Å². The van der Waals surface area contributed by atoms with Crippen LogP contribution in [0.2, 0.25) is 0 Å². The Hall–Kier alpha value is -0.710. The molecule has 0 unspecified atom stereocenters. The second-order valence-corrected chi connectivity index (χ2v) is 3.24. The predicted octanol–water partition coefficient (Wildman–Crippen LogP) is 1.19. The van der Waals surface area contributed by atoms with Gasteiger partial charge in [0.05, 0.1) is 6.54 Å². The minimum absolute atomic E-state index is 0.420. The summed E-state index contributed by atoms with van der Waals surface area (Å²) in [4.78, 5) is 12.0. The van der Waals surface area contributed by atoms with Crippen molar-refractivity contribution < 1.29 is 18.7 Å². The summed E-state index contributed by atoms with van der Waals surface area (Å²) in [5.74, 6) is -0.986. The van der Waals surface area contributed by atoms with Gasteiger partial charge in [0.1, 0.15) is 6.04 Å².